The molecule has 0 aromatic carbocycles. The molecular formula is C10H18O4. The van der Waals surface area contributed by atoms with Crippen LogP contribution in [0.15, 0.2) is 0 Å². The number of carboxylic acid groups (broad SMARTS) is 1. The van der Waals surface area contributed by atoms with Gasteiger partial charge in [0.15, 0.2) is 0 Å². The molecule has 1 aliphatic heterocycles. The molecule has 0 amide bonds. The van der Waals surface area contributed by atoms with Crippen LogP contribution in [0, 0.1) is 11.8 Å². The summed E-state index contributed by atoms with van der Waals surface area (Å²) in [6, 6.07) is 0. The molecule has 1 aliphatic rings. The molecule has 1 fully saturated rings. The molecule has 2 atom stereocenters. The smallest absolute Gasteiger partial charge is 0.306 e. The quantitative estimate of drug-likeness (QED) is 0.691. The van der Waals surface area contributed by atoms with Crippen LogP contribution in [0.25, 0.3) is 0 Å². The van der Waals surface area contributed by atoms with Gasteiger partial charge in [-0.2, -0.15) is 0 Å². The SMILES string of the molecule is CCCCC(C(=O)O)C1CCOOC1. The van der Waals surface area contributed by atoms with Crippen LogP contribution in [0.4, 0.5) is 0 Å². The van der Waals surface area contributed by atoms with E-state index in [9.17, 15) is 4.79 Å². The molecule has 0 radical (unpaired) electrons. The minimum atomic E-state index is -0.700. The van der Waals surface area contributed by atoms with Crippen molar-refractivity contribution in [3.05, 3.63) is 0 Å². The van der Waals surface area contributed by atoms with E-state index in [-0.39, 0.29) is 11.8 Å². The zero-order valence-corrected chi connectivity index (χ0v) is 8.57. The van der Waals surface area contributed by atoms with Crippen LogP contribution >= 0.6 is 0 Å². The van der Waals surface area contributed by atoms with Crippen molar-refractivity contribution in [1.29, 1.82) is 0 Å². The molecule has 2 unspecified atom stereocenters. The second-order valence-corrected chi connectivity index (χ2v) is 3.74. The van der Waals surface area contributed by atoms with E-state index in [0.717, 1.165) is 25.7 Å². The molecule has 0 bridgehead atoms. The van der Waals surface area contributed by atoms with Gasteiger partial charge in [0.05, 0.1) is 19.1 Å². The Labute approximate surface area is 84.1 Å². The lowest BCUT2D eigenvalue weighted by Gasteiger charge is -2.26. The summed E-state index contributed by atoms with van der Waals surface area (Å²) in [7, 11) is 0. The summed E-state index contributed by atoms with van der Waals surface area (Å²) in [5.74, 6) is -0.847. The van der Waals surface area contributed by atoms with Crippen LogP contribution in [0.5, 0.6) is 0 Å². The molecule has 14 heavy (non-hydrogen) atoms. The highest BCUT2D eigenvalue weighted by Gasteiger charge is 2.29. The predicted molar refractivity (Wildman–Crippen MR) is 50.7 cm³/mol. The van der Waals surface area contributed by atoms with Crippen molar-refractivity contribution in [2.24, 2.45) is 11.8 Å². The highest BCUT2D eigenvalue weighted by molar-refractivity contribution is 5.70. The van der Waals surface area contributed by atoms with Gasteiger partial charge in [-0.3, -0.25) is 4.79 Å². The van der Waals surface area contributed by atoms with Crippen LogP contribution in [-0.2, 0) is 14.6 Å². The highest BCUT2D eigenvalue weighted by atomic mass is 17.2. The molecular weight excluding hydrogens is 184 g/mol. The fraction of sp³-hybridized carbons (Fsp3) is 0.900. The zero-order chi connectivity index (χ0) is 10.4. The fourth-order valence-corrected chi connectivity index (χ4v) is 1.78. The Hall–Kier alpha value is -0.610. The second kappa shape index (κ2) is 5.98. The Balaban J connectivity index is 2.43. The number of aliphatic carboxylic acids is 1. The van der Waals surface area contributed by atoms with Crippen LogP contribution in [0.1, 0.15) is 32.6 Å². The van der Waals surface area contributed by atoms with E-state index < -0.39 is 5.97 Å². The van der Waals surface area contributed by atoms with Gasteiger partial charge in [-0.15, -0.1) is 0 Å². The number of hydrogen-bond acceptors (Lipinski definition) is 3. The summed E-state index contributed by atoms with van der Waals surface area (Å²) in [5, 5.41) is 9.06. The van der Waals surface area contributed by atoms with Crippen molar-refractivity contribution in [2.45, 2.75) is 32.6 Å². The summed E-state index contributed by atoms with van der Waals surface area (Å²) >= 11 is 0. The first-order chi connectivity index (χ1) is 6.75. The van der Waals surface area contributed by atoms with E-state index in [1.807, 2.05) is 0 Å². The van der Waals surface area contributed by atoms with Gasteiger partial charge in [0.25, 0.3) is 0 Å². The molecule has 1 saturated heterocycles. The lowest BCUT2D eigenvalue weighted by atomic mass is 9.86. The van der Waals surface area contributed by atoms with Gasteiger partial charge < -0.3 is 5.11 Å². The molecule has 0 saturated carbocycles. The average molecular weight is 202 g/mol. The first kappa shape index (κ1) is 11.5. The lowest BCUT2D eigenvalue weighted by Crippen LogP contribution is -2.31. The van der Waals surface area contributed by atoms with Crippen LogP contribution in [0.3, 0.4) is 0 Å². The van der Waals surface area contributed by atoms with Gasteiger partial charge in [-0.05, 0) is 12.8 Å². The number of carboxylic acids is 1. The van der Waals surface area contributed by atoms with Gasteiger partial charge in [-0.1, -0.05) is 19.8 Å². The summed E-state index contributed by atoms with van der Waals surface area (Å²) in [5.41, 5.74) is 0. The van der Waals surface area contributed by atoms with E-state index in [0.29, 0.717) is 13.2 Å². The van der Waals surface area contributed by atoms with E-state index in [4.69, 9.17) is 14.9 Å². The third kappa shape index (κ3) is 3.27. The van der Waals surface area contributed by atoms with Crippen molar-refractivity contribution >= 4 is 5.97 Å². The number of rotatable bonds is 5. The van der Waals surface area contributed by atoms with E-state index in [1.54, 1.807) is 0 Å². The second-order valence-electron chi connectivity index (χ2n) is 3.74. The Kier molecular flexibility index (Phi) is 4.90. The number of carbonyl (C=O) groups is 1. The summed E-state index contributed by atoms with van der Waals surface area (Å²) in [6.45, 7) is 3.00. The zero-order valence-electron chi connectivity index (χ0n) is 8.57. The largest absolute Gasteiger partial charge is 0.481 e. The molecule has 1 N–H and O–H groups in total. The van der Waals surface area contributed by atoms with Gasteiger partial charge in [0, 0.05) is 5.92 Å². The fourth-order valence-electron chi connectivity index (χ4n) is 1.78. The monoisotopic (exact) mass is 202 g/mol. The molecule has 0 aromatic rings. The summed E-state index contributed by atoms with van der Waals surface area (Å²) < 4.78 is 0. The average Bonchev–Trinajstić information content (AvgIpc) is 2.19. The lowest BCUT2D eigenvalue weighted by molar-refractivity contribution is -0.327. The minimum Gasteiger partial charge on any atom is -0.481 e. The Morgan fingerprint density at radius 2 is 2.36 bits per heavy atom. The maximum Gasteiger partial charge on any atom is 0.306 e. The number of unbranched alkanes of at least 4 members (excludes halogenated alkanes) is 1. The third-order valence-corrected chi connectivity index (χ3v) is 2.69. The molecule has 0 aliphatic carbocycles. The van der Waals surface area contributed by atoms with E-state index in [2.05, 4.69) is 6.92 Å². The molecule has 0 spiro atoms. The highest BCUT2D eigenvalue weighted by Crippen LogP contribution is 2.25. The summed E-state index contributed by atoms with van der Waals surface area (Å²) in [4.78, 5) is 20.6. The van der Waals surface area contributed by atoms with E-state index >= 15 is 0 Å². The van der Waals surface area contributed by atoms with Gasteiger partial charge >= 0.3 is 5.97 Å². The minimum absolute atomic E-state index is 0.118. The Morgan fingerprint density at radius 1 is 1.57 bits per heavy atom. The Morgan fingerprint density at radius 3 is 2.86 bits per heavy atom. The van der Waals surface area contributed by atoms with Crippen LogP contribution < -0.4 is 0 Å². The summed E-state index contributed by atoms with van der Waals surface area (Å²) in [6.07, 6.45) is 3.54. The topological polar surface area (TPSA) is 55.8 Å². The predicted octanol–water partition coefficient (Wildman–Crippen LogP) is 1.85. The number of hydrogen-bond donors (Lipinski definition) is 1. The normalized spacial score (nSPS) is 24.5. The molecule has 1 rings (SSSR count). The van der Waals surface area contributed by atoms with Crippen LogP contribution in [0.2, 0.25) is 0 Å². The van der Waals surface area contributed by atoms with Gasteiger partial charge in [-0.25, -0.2) is 9.78 Å². The Bertz CT molecular complexity index is 175. The first-order valence-electron chi connectivity index (χ1n) is 5.23. The van der Waals surface area contributed by atoms with Gasteiger partial charge in [0.2, 0.25) is 0 Å². The van der Waals surface area contributed by atoms with Crippen molar-refractivity contribution in [3.63, 3.8) is 0 Å². The van der Waals surface area contributed by atoms with E-state index in [1.165, 1.54) is 0 Å². The third-order valence-electron chi connectivity index (χ3n) is 2.69. The molecule has 0 aromatic heterocycles. The van der Waals surface area contributed by atoms with Crippen molar-refractivity contribution in [3.8, 4) is 0 Å². The maximum atomic E-state index is 11.0. The molecule has 1 heterocycles. The van der Waals surface area contributed by atoms with Gasteiger partial charge in [0.1, 0.15) is 0 Å². The maximum absolute atomic E-state index is 11.0. The van der Waals surface area contributed by atoms with Crippen molar-refractivity contribution < 1.29 is 19.7 Å². The molecule has 4 nitrogen and oxygen atoms in total. The molecule has 82 valence electrons. The van der Waals surface area contributed by atoms with Crippen molar-refractivity contribution in [2.75, 3.05) is 13.2 Å². The van der Waals surface area contributed by atoms with Crippen LogP contribution in [-0.4, -0.2) is 24.3 Å². The standard InChI is InChI=1S/C10H18O4/c1-2-3-4-9(10(11)12)8-5-6-13-14-7-8/h8-9H,2-7H2,1H3,(H,11,12). The molecule has 4 heteroatoms. The van der Waals surface area contributed by atoms with Crippen molar-refractivity contribution in [1.82, 2.24) is 0 Å². The first-order valence-corrected chi connectivity index (χ1v) is 5.23.